The summed E-state index contributed by atoms with van der Waals surface area (Å²) in [6.45, 7) is 14.1. The summed E-state index contributed by atoms with van der Waals surface area (Å²) in [6, 6.07) is 10.8. The van der Waals surface area contributed by atoms with Gasteiger partial charge in [0.1, 0.15) is 6.10 Å². The highest BCUT2D eigenvalue weighted by molar-refractivity contribution is 5.99. The van der Waals surface area contributed by atoms with Crippen LogP contribution < -0.4 is 0 Å². The number of benzene rings is 2. The monoisotopic (exact) mass is 351 g/mol. The number of allylic oxidation sites excluding steroid dienone is 1. The van der Waals surface area contributed by atoms with Gasteiger partial charge in [0.15, 0.2) is 0 Å². The number of hydrogen-bond donors (Lipinski definition) is 0. The Balaban J connectivity index is 2.09. The first-order chi connectivity index (χ1) is 12.3. The van der Waals surface area contributed by atoms with E-state index in [-0.39, 0.29) is 17.6 Å². The van der Waals surface area contributed by atoms with Crippen molar-refractivity contribution in [1.82, 2.24) is 4.90 Å². The summed E-state index contributed by atoms with van der Waals surface area (Å²) in [5.74, 6) is 0. The summed E-state index contributed by atoms with van der Waals surface area (Å²) in [5.41, 5.74) is 4.90. The minimum atomic E-state index is -0.334. The third kappa shape index (κ3) is 3.23. The molecule has 2 aromatic carbocycles. The van der Waals surface area contributed by atoms with Crippen LogP contribution in [0.2, 0.25) is 0 Å². The zero-order valence-electron chi connectivity index (χ0n) is 16.7. The van der Waals surface area contributed by atoms with Gasteiger partial charge in [-0.15, -0.1) is 0 Å². The molecule has 2 aromatic rings. The summed E-state index contributed by atoms with van der Waals surface area (Å²) >= 11 is 0. The smallest absolute Gasteiger partial charge is 0.410 e. The van der Waals surface area contributed by atoms with Gasteiger partial charge in [0.2, 0.25) is 0 Å². The number of nitrogens with zero attached hydrogens (tertiary/aromatic N) is 1. The maximum absolute atomic E-state index is 12.5. The van der Waals surface area contributed by atoms with Crippen molar-refractivity contribution in [2.24, 2.45) is 0 Å². The van der Waals surface area contributed by atoms with E-state index in [1.807, 2.05) is 13.8 Å². The molecule has 3 heteroatoms. The number of amides is 1. The minimum Gasteiger partial charge on any atom is -0.437 e. The number of hydrogen-bond acceptors (Lipinski definition) is 2. The lowest BCUT2D eigenvalue weighted by atomic mass is 9.80. The van der Waals surface area contributed by atoms with Gasteiger partial charge in [-0.3, -0.25) is 0 Å². The topological polar surface area (TPSA) is 29.5 Å². The zero-order valence-corrected chi connectivity index (χ0v) is 16.7. The highest BCUT2D eigenvalue weighted by Crippen LogP contribution is 2.41. The van der Waals surface area contributed by atoms with E-state index in [9.17, 15) is 4.79 Å². The predicted molar refractivity (Wildman–Crippen MR) is 108 cm³/mol. The molecule has 0 fully saturated rings. The van der Waals surface area contributed by atoms with Crippen LogP contribution >= 0.6 is 0 Å². The van der Waals surface area contributed by atoms with Crippen molar-refractivity contribution in [2.45, 2.75) is 53.1 Å². The standard InChI is InChI=1S/C23H29NO2/c1-7-24(8-2)22(25)26-20-12-15(3)19-14-17(23(4,5)6)13-16-10-9-11-18(20)21(16)19/h9-14,20H,7-8H2,1-6H3. The van der Waals surface area contributed by atoms with Gasteiger partial charge < -0.3 is 9.64 Å². The van der Waals surface area contributed by atoms with Gasteiger partial charge in [-0.05, 0) is 59.7 Å². The molecule has 0 heterocycles. The van der Waals surface area contributed by atoms with Crippen molar-refractivity contribution < 1.29 is 9.53 Å². The fourth-order valence-corrected chi connectivity index (χ4v) is 3.61. The van der Waals surface area contributed by atoms with Crippen molar-refractivity contribution >= 4 is 22.4 Å². The molecule has 1 atom stereocenters. The molecule has 0 aliphatic heterocycles. The van der Waals surface area contributed by atoms with Gasteiger partial charge in [-0.25, -0.2) is 4.79 Å². The molecule has 0 radical (unpaired) electrons. The fraction of sp³-hybridized carbons (Fsp3) is 0.435. The molecule has 0 saturated carbocycles. The third-order valence-corrected chi connectivity index (χ3v) is 5.26. The van der Waals surface area contributed by atoms with Crippen molar-refractivity contribution in [3.05, 3.63) is 53.1 Å². The average molecular weight is 351 g/mol. The van der Waals surface area contributed by atoms with Crippen LogP contribution in [-0.2, 0) is 10.2 Å². The zero-order chi connectivity index (χ0) is 19.1. The second kappa shape index (κ2) is 6.79. The lowest BCUT2D eigenvalue weighted by Crippen LogP contribution is -2.32. The molecule has 1 aliphatic carbocycles. The van der Waals surface area contributed by atoms with Gasteiger partial charge in [0.05, 0.1) is 0 Å². The molecule has 0 bridgehead atoms. The largest absolute Gasteiger partial charge is 0.437 e. The summed E-state index contributed by atoms with van der Waals surface area (Å²) < 4.78 is 5.86. The molecule has 26 heavy (non-hydrogen) atoms. The van der Waals surface area contributed by atoms with E-state index in [1.54, 1.807) is 4.90 Å². The molecular formula is C23H29NO2. The van der Waals surface area contributed by atoms with Gasteiger partial charge >= 0.3 is 6.09 Å². The number of rotatable bonds is 3. The Morgan fingerprint density at radius 2 is 1.85 bits per heavy atom. The van der Waals surface area contributed by atoms with E-state index in [0.717, 1.165) is 11.1 Å². The molecular weight excluding hydrogens is 322 g/mol. The summed E-state index contributed by atoms with van der Waals surface area (Å²) in [7, 11) is 0. The number of carbonyl (C=O) groups is 1. The number of ether oxygens (including phenoxy) is 1. The fourth-order valence-electron chi connectivity index (χ4n) is 3.61. The van der Waals surface area contributed by atoms with Crippen LogP contribution in [0.1, 0.15) is 64.3 Å². The van der Waals surface area contributed by atoms with Crippen molar-refractivity contribution in [3.8, 4) is 0 Å². The van der Waals surface area contributed by atoms with Crippen molar-refractivity contribution in [1.29, 1.82) is 0 Å². The molecule has 1 amide bonds. The third-order valence-electron chi connectivity index (χ3n) is 5.26. The van der Waals surface area contributed by atoms with Crippen molar-refractivity contribution in [3.63, 3.8) is 0 Å². The van der Waals surface area contributed by atoms with Gasteiger partial charge in [-0.2, -0.15) is 0 Å². The molecule has 3 rings (SSSR count). The lowest BCUT2D eigenvalue weighted by Gasteiger charge is -2.28. The van der Waals surface area contributed by atoms with Crippen LogP contribution in [0, 0.1) is 0 Å². The van der Waals surface area contributed by atoms with Crippen LogP contribution in [0.15, 0.2) is 36.4 Å². The van der Waals surface area contributed by atoms with Gasteiger partial charge in [0, 0.05) is 18.7 Å². The molecule has 0 saturated heterocycles. The Labute approximate surface area is 156 Å². The average Bonchev–Trinajstić information content (AvgIpc) is 2.59. The Kier molecular flexibility index (Phi) is 4.83. The summed E-state index contributed by atoms with van der Waals surface area (Å²) in [5, 5.41) is 2.42. The molecule has 0 spiro atoms. The van der Waals surface area contributed by atoms with E-state index >= 15 is 0 Å². The molecule has 0 aromatic heterocycles. The van der Waals surface area contributed by atoms with Gasteiger partial charge in [0.25, 0.3) is 0 Å². The molecule has 138 valence electrons. The van der Waals surface area contributed by atoms with Crippen LogP contribution in [0.5, 0.6) is 0 Å². The van der Waals surface area contributed by atoms with Crippen LogP contribution in [-0.4, -0.2) is 24.1 Å². The maximum Gasteiger partial charge on any atom is 0.410 e. The van der Waals surface area contributed by atoms with Crippen LogP contribution in [0.25, 0.3) is 16.3 Å². The van der Waals surface area contributed by atoms with E-state index < -0.39 is 0 Å². The summed E-state index contributed by atoms with van der Waals surface area (Å²) in [6.07, 6.45) is 1.49. The molecule has 0 N–H and O–H groups in total. The first-order valence-corrected chi connectivity index (χ1v) is 9.47. The second-order valence-corrected chi connectivity index (χ2v) is 8.05. The highest BCUT2D eigenvalue weighted by atomic mass is 16.6. The van der Waals surface area contributed by atoms with E-state index in [0.29, 0.717) is 13.1 Å². The highest BCUT2D eigenvalue weighted by Gasteiger charge is 2.26. The Morgan fingerprint density at radius 1 is 1.15 bits per heavy atom. The maximum atomic E-state index is 12.5. The molecule has 1 aliphatic rings. The lowest BCUT2D eigenvalue weighted by molar-refractivity contribution is 0.0836. The van der Waals surface area contributed by atoms with E-state index in [1.165, 1.54) is 21.9 Å². The quantitative estimate of drug-likeness (QED) is 0.671. The molecule has 1 unspecified atom stereocenters. The van der Waals surface area contributed by atoms with E-state index in [2.05, 4.69) is 64.1 Å². The van der Waals surface area contributed by atoms with Crippen LogP contribution in [0.3, 0.4) is 0 Å². The Hall–Kier alpha value is -2.29. The van der Waals surface area contributed by atoms with E-state index in [4.69, 9.17) is 4.74 Å². The van der Waals surface area contributed by atoms with Crippen LogP contribution in [0.4, 0.5) is 4.79 Å². The SMILES string of the molecule is CCN(CC)C(=O)OC1C=C(C)c2cc(C(C)(C)C)cc3cccc1c23. The normalized spacial score (nSPS) is 16.4. The Bertz CT molecular complexity index is 870. The Morgan fingerprint density at radius 3 is 2.46 bits per heavy atom. The first kappa shape index (κ1) is 18.5. The second-order valence-electron chi connectivity index (χ2n) is 8.05. The first-order valence-electron chi connectivity index (χ1n) is 9.47. The summed E-state index contributed by atoms with van der Waals surface area (Å²) in [4.78, 5) is 14.2. The van der Waals surface area contributed by atoms with Crippen molar-refractivity contribution in [2.75, 3.05) is 13.1 Å². The predicted octanol–water partition coefficient (Wildman–Crippen LogP) is 6.07. The number of carbonyl (C=O) groups excluding carboxylic acids is 1. The van der Waals surface area contributed by atoms with Gasteiger partial charge in [-0.1, -0.05) is 51.1 Å². The molecule has 3 nitrogen and oxygen atoms in total. The minimum absolute atomic E-state index is 0.0903.